The number of nitrogens with zero attached hydrogens (tertiary/aromatic N) is 1. The molecule has 0 spiro atoms. The molecule has 2 rings (SSSR count). The lowest BCUT2D eigenvalue weighted by Crippen LogP contribution is -2.36. The van der Waals surface area contributed by atoms with E-state index in [2.05, 4.69) is 11.4 Å². The number of carbonyl (C=O) groups is 1. The lowest BCUT2D eigenvalue weighted by molar-refractivity contribution is -0.121. The third-order valence-electron chi connectivity index (χ3n) is 4.70. The molecule has 1 aromatic rings. The molecule has 0 atom stereocenters. The van der Waals surface area contributed by atoms with Crippen LogP contribution in [0.25, 0.3) is 0 Å². The van der Waals surface area contributed by atoms with Crippen molar-refractivity contribution in [3.8, 4) is 0 Å². The van der Waals surface area contributed by atoms with Crippen LogP contribution < -0.4 is 5.32 Å². The SMILES string of the molecule is CS(=O)(=O)N(CCC(=O)NCCC1=CCCCC1)CCc1ccccc1. The summed E-state index contributed by atoms with van der Waals surface area (Å²) in [6, 6.07) is 9.77. The first-order valence-electron chi connectivity index (χ1n) is 9.39. The molecule has 0 radical (unpaired) electrons. The third kappa shape index (κ3) is 7.70. The topological polar surface area (TPSA) is 66.5 Å². The average Bonchev–Trinajstić information content (AvgIpc) is 2.62. The Labute approximate surface area is 157 Å². The van der Waals surface area contributed by atoms with Gasteiger partial charge in [0.2, 0.25) is 15.9 Å². The molecule has 0 saturated carbocycles. The summed E-state index contributed by atoms with van der Waals surface area (Å²) in [5, 5.41) is 2.91. The smallest absolute Gasteiger partial charge is 0.221 e. The van der Waals surface area contributed by atoms with Crippen molar-refractivity contribution in [1.29, 1.82) is 0 Å². The van der Waals surface area contributed by atoms with E-state index in [9.17, 15) is 13.2 Å². The predicted molar refractivity (Wildman–Crippen MR) is 105 cm³/mol. The standard InChI is InChI=1S/C20H30N2O3S/c1-26(24,25)22(16-13-19-10-6-3-7-11-19)17-14-20(23)21-15-12-18-8-4-2-5-9-18/h3,6-8,10-11H,2,4-5,9,12-17H2,1H3,(H,21,23). The van der Waals surface area contributed by atoms with Gasteiger partial charge < -0.3 is 5.32 Å². The van der Waals surface area contributed by atoms with Gasteiger partial charge in [-0.1, -0.05) is 42.0 Å². The summed E-state index contributed by atoms with van der Waals surface area (Å²) in [7, 11) is -3.32. The van der Waals surface area contributed by atoms with Crippen LogP contribution in [0.4, 0.5) is 0 Å². The molecule has 144 valence electrons. The number of amides is 1. The highest BCUT2D eigenvalue weighted by Crippen LogP contribution is 2.19. The van der Waals surface area contributed by atoms with Gasteiger partial charge in [0.05, 0.1) is 6.26 Å². The van der Waals surface area contributed by atoms with E-state index in [1.54, 1.807) is 0 Å². The van der Waals surface area contributed by atoms with E-state index < -0.39 is 10.0 Å². The summed E-state index contributed by atoms with van der Waals surface area (Å²) in [6.45, 7) is 1.25. The normalized spacial score (nSPS) is 14.9. The van der Waals surface area contributed by atoms with Crippen LogP contribution in [0.2, 0.25) is 0 Å². The predicted octanol–water partition coefficient (Wildman–Crippen LogP) is 2.89. The summed E-state index contributed by atoms with van der Waals surface area (Å²) in [5.74, 6) is -0.0882. The molecule has 0 aromatic heterocycles. The summed E-state index contributed by atoms with van der Waals surface area (Å²) in [5.41, 5.74) is 2.52. The fourth-order valence-electron chi connectivity index (χ4n) is 3.15. The van der Waals surface area contributed by atoms with Gasteiger partial charge in [0.1, 0.15) is 0 Å². The van der Waals surface area contributed by atoms with Crippen LogP contribution in [0.15, 0.2) is 42.0 Å². The summed E-state index contributed by atoms with van der Waals surface area (Å²) < 4.78 is 25.3. The van der Waals surface area contributed by atoms with Crippen molar-refractivity contribution in [3.63, 3.8) is 0 Å². The molecule has 1 aliphatic rings. The van der Waals surface area contributed by atoms with Crippen LogP contribution in [0.5, 0.6) is 0 Å². The van der Waals surface area contributed by atoms with Gasteiger partial charge in [0.15, 0.2) is 0 Å². The highest BCUT2D eigenvalue weighted by molar-refractivity contribution is 7.88. The highest BCUT2D eigenvalue weighted by Gasteiger charge is 2.17. The Bertz CT molecular complexity index is 699. The molecule has 6 heteroatoms. The van der Waals surface area contributed by atoms with Gasteiger partial charge in [0, 0.05) is 26.1 Å². The van der Waals surface area contributed by atoms with Crippen LogP contribution in [0.3, 0.4) is 0 Å². The van der Waals surface area contributed by atoms with Gasteiger partial charge in [-0.2, -0.15) is 0 Å². The summed E-state index contributed by atoms with van der Waals surface area (Å²) in [6.07, 6.45) is 10.0. The van der Waals surface area contributed by atoms with Gasteiger partial charge in [-0.3, -0.25) is 4.79 Å². The quantitative estimate of drug-likeness (QED) is 0.637. The van der Waals surface area contributed by atoms with Crippen LogP contribution in [-0.2, 0) is 21.2 Å². The zero-order chi connectivity index (χ0) is 18.8. The maximum absolute atomic E-state index is 12.0. The van der Waals surface area contributed by atoms with E-state index in [1.807, 2.05) is 30.3 Å². The van der Waals surface area contributed by atoms with Crippen LogP contribution >= 0.6 is 0 Å². The number of rotatable bonds is 10. The summed E-state index contributed by atoms with van der Waals surface area (Å²) >= 11 is 0. The molecule has 5 nitrogen and oxygen atoms in total. The number of sulfonamides is 1. The van der Waals surface area contributed by atoms with Gasteiger partial charge >= 0.3 is 0 Å². The third-order valence-corrected chi connectivity index (χ3v) is 6.01. The lowest BCUT2D eigenvalue weighted by atomic mass is 9.97. The van der Waals surface area contributed by atoms with E-state index in [4.69, 9.17) is 0 Å². The second-order valence-corrected chi connectivity index (χ2v) is 8.84. The summed E-state index contributed by atoms with van der Waals surface area (Å²) in [4.78, 5) is 12.0. The number of benzene rings is 1. The zero-order valence-corrected chi connectivity index (χ0v) is 16.4. The minimum atomic E-state index is -3.32. The molecular formula is C20H30N2O3S. The Morgan fingerprint density at radius 1 is 1.12 bits per heavy atom. The molecule has 1 N–H and O–H groups in total. The van der Waals surface area contributed by atoms with Crippen molar-refractivity contribution in [2.45, 2.75) is 44.9 Å². The fourth-order valence-corrected chi connectivity index (χ4v) is 4.00. The van der Waals surface area contributed by atoms with E-state index in [0.29, 0.717) is 19.5 Å². The van der Waals surface area contributed by atoms with Crippen molar-refractivity contribution in [2.75, 3.05) is 25.9 Å². The van der Waals surface area contributed by atoms with E-state index in [1.165, 1.54) is 29.0 Å². The second kappa shape index (κ2) is 10.5. The van der Waals surface area contributed by atoms with Crippen molar-refractivity contribution >= 4 is 15.9 Å². The van der Waals surface area contributed by atoms with Gasteiger partial charge in [-0.15, -0.1) is 0 Å². The molecule has 1 amide bonds. The van der Waals surface area contributed by atoms with Crippen molar-refractivity contribution in [2.24, 2.45) is 0 Å². The Morgan fingerprint density at radius 3 is 2.54 bits per heavy atom. The molecule has 0 heterocycles. The Hall–Kier alpha value is -1.66. The maximum Gasteiger partial charge on any atom is 0.221 e. The first-order valence-corrected chi connectivity index (χ1v) is 11.2. The van der Waals surface area contributed by atoms with E-state index in [0.717, 1.165) is 24.8 Å². The number of hydrogen-bond donors (Lipinski definition) is 1. The Balaban J connectivity index is 1.73. The molecular weight excluding hydrogens is 348 g/mol. The molecule has 0 unspecified atom stereocenters. The van der Waals surface area contributed by atoms with Crippen LogP contribution in [-0.4, -0.2) is 44.5 Å². The minimum absolute atomic E-state index is 0.0882. The number of allylic oxidation sites excluding steroid dienone is 1. The average molecular weight is 379 g/mol. The monoisotopic (exact) mass is 378 g/mol. The Morgan fingerprint density at radius 2 is 1.88 bits per heavy atom. The van der Waals surface area contributed by atoms with Crippen LogP contribution in [0.1, 0.15) is 44.1 Å². The maximum atomic E-state index is 12.0. The van der Waals surface area contributed by atoms with Crippen molar-refractivity contribution in [1.82, 2.24) is 9.62 Å². The minimum Gasteiger partial charge on any atom is -0.356 e. The first kappa shape index (κ1) is 20.6. The molecule has 1 aromatic carbocycles. The van der Waals surface area contributed by atoms with Crippen molar-refractivity contribution < 1.29 is 13.2 Å². The number of carbonyl (C=O) groups excluding carboxylic acids is 1. The van der Waals surface area contributed by atoms with Gasteiger partial charge in [-0.25, -0.2) is 12.7 Å². The molecule has 26 heavy (non-hydrogen) atoms. The second-order valence-electron chi connectivity index (χ2n) is 6.86. The largest absolute Gasteiger partial charge is 0.356 e. The number of nitrogens with one attached hydrogen (secondary N) is 1. The van der Waals surface area contributed by atoms with Crippen LogP contribution in [0, 0.1) is 0 Å². The van der Waals surface area contributed by atoms with Gasteiger partial charge in [0.25, 0.3) is 0 Å². The number of hydrogen-bond acceptors (Lipinski definition) is 3. The fraction of sp³-hybridized carbons (Fsp3) is 0.550. The van der Waals surface area contributed by atoms with E-state index >= 15 is 0 Å². The lowest BCUT2D eigenvalue weighted by Gasteiger charge is -2.20. The molecule has 0 fully saturated rings. The zero-order valence-electron chi connectivity index (χ0n) is 15.6. The van der Waals surface area contributed by atoms with Crippen molar-refractivity contribution in [3.05, 3.63) is 47.5 Å². The molecule has 0 saturated heterocycles. The Kier molecular flexibility index (Phi) is 8.32. The van der Waals surface area contributed by atoms with E-state index in [-0.39, 0.29) is 18.9 Å². The molecule has 0 aliphatic heterocycles. The van der Waals surface area contributed by atoms with Gasteiger partial charge in [-0.05, 0) is 44.1 Å². The first-order chi connectivity index (χ1) is 12.4. The highest BCUT2D eigenvalue weighted by atomic mass is 32.2. The molecule has 0 bridgehead atoms. The molecule has 1 aliphatic carbocycles.